The summed E-state index contributed by atoms with van der Waals surface area (Å²) in [5.74, 6) is -1.80. The third kappa shape index (κ3) is 6.31. The van der Waals surface area contributed by atoms with Crippen molar-refractivity contribution in [1.82, 2.24) is 10.6 Å². The number of hydrogen-bond donors (Lipinski definition) is 6. The Bertz CT molecular complexity index is 208. The minimum Gasteiger partial charge on any atom is -0.480 e. The zero-order valence-electron chi connectivity index (χ0n) is 7.30. The van der Waals surface area contributed by atoms with Crippen LogP contribution < -0.4 is 16.4 Å². The molecule has 0 rings (SSSR count). The van der Waals surface area contributed by atoms with E-state index in [1.807, 2.05) is 5.32 Å². The Labute approximate surface area is 79.7 Å². The molecular weight excluding hydrogens is 194 g/mol. The first-order valence-corrected chi connectivity index (χ1v) is 3.78. The predicted octanol–water partition coefficient (Wildman–Crippen LogP) is -3.63. The largest absolute Gasteiger partial charge is 0.480 e. The van der Waals surface area contributed by atoms with E-state index in [2.05, 4.69) is 5.32 Å². The van der Waals surface area contributed by atoms with E-state index in [-0.39, 0.29) is 13.1 Å². The van der Waals surface area contributed by atoms with Crippen molar-refractivity contribution in [2.45, 2.75) is 12.5 Å². The van der Waals surface area contributed by atoms with Gasteiger partial charge in [-0.25, -0.2) is 0 Å². The molecule has 0 fully saturated rings. The van der Waals surface area contributed by atoms with Crippen molar-refractivity contribution in [2.24, 2.45) is 5.73 Å². The maximum absolute atomic E-state index is 10.8. The molecule has 0 unspecified atom stereocenters. The first kappa shape index (κ1) is 12.8. The summed E-state index contributed by atoms with van der Waals surface area (Å²) in [5, 5.41) is 29.2. The highest BCUT2D eigenvalue weighted by Crippen LogP contribution is 1.75. The van der Waals surface area contributed by atoms with Crippen molar-refractivity contribution in [1.29, 1.82) is 0 Å². The molecular formula is C6H13N3O5. The molecule has 0 aromatic carbocycles. The fourth-order valence-corrected chi connectivity index (χ4v) is 0.558. The van der Waals surface area contributed by atoms with Crippen LogP contribution in [0.3, 0.4) is 0 Å². The number of amides is 1. The minimum atomic E-state index is -1.78. The van der Waals surface area contributed by atoms with Crippen molar-refractivity contribution in [2.75, 3.05) is 13.1 Å². The molecule has 14 heavy (non-hydrogen) atoms. The Kier molecular flexibility index (Phi) is 5.72. The molecule has 0 radical (unpaired) electrons. The van der Waals surface area contributed by atoms with Crippen LogP contribution in [0, 0.1) is 0 Å². The van der Waals surface area contributed by atoms with Gasteiger partial charge in [0.1, 0.15) is 6.04 Å². The van der Waals surface area contributed by atoms with Crippen molar-refractivity contribution in [3.63, 3.8) is 0 Å². The van der Waals surface area contributed by atoms with E-state index in [0.717, 1.165) is 0 Å². The molecule has 1 amide bonds. The van der Waals surface area contributed by atoms with Gasteiger partial charge in [-0.2, -0.15) is 0 Å². The Morgan fingerprint density at radius 1 is 1.36 bits per heavy atom. The topological polar surface area (TPSA) is 145 Å². The molecule has 7 N–H and O–H groups in total. The van der Waals surface area contributed by atoms with Crippen LogP contribution in [0.1, 0.15) is 0 Å². The average Bonchev–Trinajstić information content (AvgIpc) is 2.10. The number of aliphatic carboxylic acids is 1. The SMILES string of the molecule is N[C@@H](CNC(=O)CNC(O)O)C(=O)O. The van der Waals surface area contributed by atoms with Crippen molar-refractivity contribution in [3.05, 3.63) is 0 Å². The zero-order chi connectivity index (χ0) is 11.1. The lowest BCUT2D eigenvalue weighted by Gasteiger charge is -2.09. The highest BCUT2D eigenvalue weighted by molar-refractivity contribution is 5.79. The minimum absolute atomic E-state index is 0.211. The van der Waals surface area contributed by atoms with Gasteiger partial charge in [0.25, 0.3) is 0 Å². The number of aliphatic hydroxyl groups excluding tert-OH is 1. The first-order chi connectivity index (χ1) is 6.43. The lowest BCUT2D eigenvalue weighted by molar-refractivity contribution is -0.138. The molecule has 0 spiro atoms. The molecule has 0 aliphatic carbocycles. The Hall–Kier alpha value is -1.22. The third-order valence-electron chi connectivity index (χ3n) is 1.28. The second-order valence-electron chi connectivity index (χ2n) is 2.50. The summed E-state index contributed by atoms with van der Waals surface area (Å²) in [5.41, 5.74) is 5.09. The predicted molar refractivity (Wildman–Crippen MR) is 44.8 cm³/mol. The average molecular weight is 207 g/mol. The van der Waals surface area contributed by atoms with E-state index in [0.29, 0.717) is 0 Å². The first-order valence-electron chi connectivity index (χ1n) is 3.78. The van der Waals surface area contributed by atoms with Crippen LogP contribution >= 0.6 is 0 Å². The second kappa shape index (κ2) is 6.27. The van der Waals surface area contributed by atoms with Crippen molar-refractivity contribution in [3.8, 4) is 0 Å². The summed E-state index contributed by atoms with van der Waals surface area (Å²) in [6.45, 7) is -0.540. The molecule has 0 aliphatic rings. The summed E-state index contributed by atoms with van der Waals surface area (Å²) in [6.07, 6.45) is -1.78. The number of aliphatic hydroxyl groups is 2. The monoisotopic (exact) mass is 207 g/mol. The Morgan fingerprint density at radius 2 is 1.93 bits per heavy atom. The highest BCUT2D eigenvalue weighted by Gasteiger charge is 2.12. The van der Waals surface area contributed by atoms with E-state index in [1.54, 1.807) is 0 Å². The zero-order valence-corrected chi connectivity index (χ0v) is 7.30. The molecule has 8 heteroatoms. The molecule has 0 bridgehead atoms. The van der Waals surface area contributed by atoms with Crippen LogP contribution in [-0.2, 0) is 9.59 Å². The molecule has 0 heterocycles. The fourth-order valence-electron chi connectivity index (χ4n) is 0.558. The summed E-state index contributed by atoms with van der Waals surface area (Å²) in [4.78, 5) is 21.0. The normalized spacial score (nSPS) is 12.6. The van der Waals surface area contributed by atoms with Gasteiger partial charge in [0, 0.05) is 6.54 Å². The number of carboxylic acids is 1. The molecule has 0 aliphatic heterocycles. The van der Waals surface area contributed by atoms with E-state index >= 15 is 0 Å². The summed E-state index contributed by atoms with van der Waals surface area (Å²) < 4.78 is 0. The Balaban J connectivity index is 3.59. The number of carbonyl (C=O) groups excluding carboxylic acids is 1. The maximum Gasteiger partial charge on any atom is 0.322 e. The van der Waals surface area contributed by atoms with E-state index in [4.69, 9.17) is 21.1 Å². The number of carboxylic acid groups (broad SMARTS) is 1. The lowest BCUT2D eigenvalue weighted by atomic mass is 10.3. The summed E-state index contributed by atoms with van der Waals surface area (Å²) in [7, 11) is 0. The number of hydrogen-bond acceptors (Lipinski definition) is 6. The van der Waals surface area contributed by atoms with Gasteiger partial charge in [-0.05, 0) is 0 Å². The third-order valence-corrected chi connectivity index (χ3v) is 1.28. The van der Waals surface area contributed by atoms with Gasteiger partial charge in [0.2, 0.25) is 12.3 Å². The molecule has 1 atom stereocenters. The van der Waals surface area contributed by atoms with Crippen LogP contribution in [0.15, 0.2) is 0 Å². The molecule has 0 saturated heterocycles. The van der Waals surface area contributed by atoms with Gasteiger partial charge in [-0.3, -0.25) is 14.9 Å². The molecule has 0 aromatic rings. The highest BCUT2D eigenvalue weighted by atomic mass is 16.5. The molecule has 0 aromatic heterocycles. The van der Waals surface area contributed by atoms with Crippen molar-refractivity contribution >= 4 is 11.9 Å². The second-order valence-corrected chi connectivity index (χ2v) is 2.50. The van der Waals surface area contributed by atoms with E-state index in [1.165, 1.54) is 0 Å². The van der Waals surface area contributed by atoms with E-state index in [9.17, 15) is 9.59 Å². The van der Waals surface area contributed by atoms with Gasteiger partial charge in [-0.15, -0.1) is 0 Å². The number of nitrogens with two attached hydrogens (primary N) is 1. The van der Waals surface area contributed by atoms with Gasteiger partial charge >= 0.3 is 5.97 Å². The number of rotatable bonds is 6. The smallest absolute Gasteiger partial charge is 0.322 e. The van der Waals surface area contributed by atoms with Crippen LogP contribution in [0.5, 0.6) is 0 Å². The van der Waals surface area contributed by atoms with Crippen LogP contribution in [0.4, 0.5) is 0 Å². The van der Waals surface area contributed by atoms with Crippen molar-refractivity contribution < 1.29 is 24.9 Å². The summed E-state index contributed by atoms with van der Waals surface area (Å²) in [6, 6.07) is -1.17. The van der Waals surface area contributed by atoms with Crippen LogP contribution in [-0.4, -0.2) is 52.7 Å². The van der Waals surface area contributed by atoms with Crippen LogP contribution in [0.25, 0.3) is 0 Å². The van der Waals surface area contributed by atoms with Gasteiger partial charge in [0.05, 0.1) is 6.54 Å². The van der Waals surface area contributed by atoms with Gasteiger partial charge in [0.15, 0.2) is 0 Å². The van der Waals surface area contributed by atoms with Gasteiger partial charge in [-0.1, -0.05) is 0 Å². The number of nitrogens with one attached hydrogen (secondary N) is 2. The van der Waals surface area contributed by atoms with E-state index < -0.39 is 24.3 Å². The molecule has 8 nitrogen and oxygen atoms in total. The molecule has 82 valence electrons. The Morgan fingerprint density at radius 3 is 2.36 bits per heavy atom. The maximum atomic E-state index is 10.8. The van der Waals surface area contributed by atoms with Crippen LogP contribution in [0.2, 0.25) is 0 Å². The number of carbonyl (C=O) groups is 2. The fraction of sp³-hybridized carbons (Fsp3) is 0.667. The summed E-state index contributed by atoms with van der Waals surface area (Å²) >= 11 is 0. The van der Waals surface area contributed by atoms with Gasteiger partial charge < -0.3 is 26.4 Å². The quantitative estimate of drug-likeness (QED) is 0.246. The standard InChI is InChI=1S/C6H13N3O5/c7-3(5(11)12)1-8-4(10)2-9-6(13)14/h3,6,9,13-14H,1-2,7H2,(H,8,10)(H,11,12)/t3-/m0/s1. The molecule has 0 saturated carbocycles. The lowest BCUT2D eigenvalue weighted by Crippen LogP contribution is -2.46.